The van der Waals surface area contributed by atoms with Gasteiger partial charge in [0.2, 0.25) is 0 Å². The lowest BCUT2D eigenvalue weighted by atomic mass is 10.0. The second-order valence-corrected chi connectivity index (χ2v) is 7.87. The fourth-order valence-corrected chi connectivity index (χ4v) is 5.19. The monoisotopic (exact) mass is 400 g/mol. The molecule has 2 aliphatic carbocycles. The van der Waals surface area contributed by atoms with Crippen LogP contribution in [0.5, 0.6) is 0 Å². The molecule has 0 bridgehead atoms. The number of hydrogen-bond acceptors (Lipinski definition) is 1. The Bertz CT molecular complexity index is 1310. The topological polar surface area (TPSA) is 17.8 Å². The van der Waals surface area contributed by atoms with Crippen molar-refractivity contribution >= 4 is 34.0 Å². The van der Waals surface area contributed by atoms with Gasteiger partial charge in [0.1, 0.15) is 0 Å². The third kappa shape index (κ3) is 2.02. The lowest BCUT2D eigenvalue weighted by molar-refractivity contribution is 0.697. The molecule has 0 saturated carbocycles. The van der Waals surface area contributed by atoms with Crippen LogP contribution in [0.15, 0.2) is 79.1 Å². The van der Waals surface area contributed by atoms with E-state index in [9.17, 15) is 0 Å². The average molecular weight is 401 g/mol. The minimum atomic E-state index is 0.0292. The standard InChI is InChI=1S/C24H14Cl2N2/c25-19-11-13-28(24-16-8-3-1-6-14(16)21(26)20(19)24)23-17-9-4-2-7-15(17)22-18(23)10-5-12-27-22/h1-13,23H. The summed E-state index contributed by atoms with van der Waals surface area (Å²) in [6.45, 7) is 0. The molecule has 1 unspecified atom stereocenters. The van der Waals surface area contributed by atoms with Gasteiger partial charge in [-0.1, -0.05) is 77.8 Å². The maximum absolute atomic E-state index is 6.76. The molecule has 0 spiro atoms. The fraction of sp³-hybridized carbons (Fsp3) is 0.0417. The lowest BCUT2D eigenvalue weighted by Gasteiger charge is -2.23. The highest BCUT2D eigenvalue weighted by Crippen LogP contribution is 2.51. The summed E-state index contributed by atoms with van der Waals surface area (Å²) in [6, 6.07) is 22.8. The maximum Gasteiger partial charge on any atom is 0.0867 e. The van der Waals surface area contributed by atoms with Crippen LogP contribution in [0.3, 0.4) is 0 Å². The van der Waals surface area contributed by atoms with Crippen LogP contribution in [0, 0.1) is 0 Å². The summed E-state index contributed by atoms with van der Waals surface area (Å²) in [4.78, 5) is 4.68. The predicted molar refractivity (Wildman–Crippen MR) is 115 cm³/mol. The molecule has 4 heteroatoms. The van der Waals surface area contributed by atoms with E-state index in [2.05, 4.69) is 58.2 Å². The van der Waals surface area contributed by atoms with Crippen molar-refractivity contribution in [2.45, 2.75) is 6.04 Å². The normalized spacial score (nSPS) is 15.1. The molecule has 1 aliphatic heterocycles. The van der Waals surface area contributed by atoms with Crippen LogP contribution in [0.4, 0.5) is 0 Å². The van der Waals surface area contributed by atoms with Crippen LogP contribution < -0.4 is 0 Å². The molecule has 3 aromatic rings. The summed E-state index contributed by atoms with van der Waals surface area (Å²) in [5, 5.41) is 3.52. The third-order valence-electron chi connectivity index (χ3n) is 5.68. The first-order valence-corrected chi connectivity index (χ1v) is 9.92. The molecule has 0 saturated heterocycles. The van der Waals surface area contributed by atoms with Crippen LogP contribution in [-0.2, 0) is 0 Å². The number of hydrogen-bond donors (Lipinski definition) is 0. The highest BCUT2D eigenvalue weighted by atomic mass is 35.5. The van der Waals surface area contributed by atoms with Gasteiger partial charge in [-0.05, 0) is 17.7 Å². The molecular weight excluding hydrogens is 387 g/mol. The quantitative estimate of drug-likeness (QED) is 0.288. The summed E-state index contributed by atoms with van der Waals surface area (Å²) in [5.41, 5.74) is 6.62. The van der Waals surface area contributed by atoms with E-state index in [-0.39, 0.29) is 6.04 Å². The van der Waals surface area contributed by atoms with Crippen LogP contribution >= 0.6 is 23.2 Å². The van der Waals surface area contributed by atoms with Gasteiger partial charge in [0, 0.05) is 39.9 Å². The second kappa shape index (κ2) is 5.84. The Morgan fingerprint density at radius 2 is 1.54 bits per heavy atom. The van der Waals surface area contributed by atoms with Crippen LogP contribution in [0.1, 0.15) is 17.2 Å². The van der Waals surface area contributed by atoms with E-state index in [4.69, 9.17) is 23.2 Å². The number of nitrogens with zero attached hydrogens (tertiary/aromatic N) is 2. The summed E-state index contributed by atoms with van der Waals surface area (Å²) >= 11 is 13.4. The van der Waals surface area contributed by atoms with E-state index in [1.807, 2.05) is 30.5 Å². The highest BCUT2D eigenvalue weighted by molar-refractivity contribution is 6.44. The van der Waals surface area contributed by atoms with Gasteiger partial charge in [-0.25, -0.2) is 0 Å². The molecule has 0 radical (unpaired) electrons. The molecule has 3 aliphatic rings. The van der Waals surface area contributed by atoms with Crippen molar-refractivity contribution in [2.75, 3.05) is 0 Å². The molecule has 2 aromatic carbocycles. The molecule has 0 N–H and O–H groups in total. The summed E-state index contributed by atoms with van der Waals surface area (Å²) in [7, 11) is 0. The first kappa shape index (κ1) is 16.2. The zero-order valence-corrected chi connectivity index (χ0v) is 16.2. The fourth-order valence-electron chi connectivity index (χ4n) is 4.54. The van der Waals surface area contributed by atoms with Gasteiger partial charge in [0.25, 0.3) is 0 Å². The number of aromatic nitrogens is 2. The van der Waals surface area contributed by atoms with E-state index in [1.165, 1.54) is 16.7 Å². The molecule has 28 heavy (non-hydrogen) atoms. The first-order valence-electron chi connectivity index (χ1n) is 9.16. The van der Waals surface area contributed by atoms with Gasteiger partial charge in [-0.3, -0.25) is 4.98 Å². The summed E-state index contributed by atoms with van der Waals surface area (Å²) < 4.78 is 2.29. The molecule has 0 amide bonds. The largest absolute Gasteiger partial charge is 0.335 e. The molecule has 1 atom stereocenters. The van der Waals surface area contributed by atoms with E-state index in [0.29, 0.717) is 10.0 Å². The van der Waals surface area contributed by atoms with Crippen LogP contribution in [0.2, 0.25) is 10.0 Å². The maximum atomic E-state index is 6.76. The van der Waals surface area contributed by atoms with E-state index in [1.54, 1.807) is 0 Å². The number of fused-ring (bicyclic) bond motifs is 6. The van der Waals surface area contributed by atoms with Crippen molar-refractivity contribution in [1.29, 1.82) is 0 Å². The Kier molecular flexibility index (Phi) is 3.37. The Morgan fingerprint density at radius 1 is 0.786 bits per heavy atom. The van der Waals surface area contributed by atoms with E-state index >= 15 is 0 Å². The average Bonchev–Trinajstić information content (AvgIpc) is 3.23. The number of benzene rings is 2. The molecule has 2 nitrogen and oxygen atoms in total. The number of halogens is 2. The molecule has 6 rings (SSSR count). The van der Waals surface area contributed by atoms with Crippen molar-refractivity contribution in [1.82, 2.24) is 9.55 Å². The van der Waals surface area contributed by atoms with Crippen molar-refractivity contribution in [2.24, 2.45) is 0 Å². The Hall–Kier alpha value is -2.81. The zero-order valence-electron chi connectivity index (χ0n) is 14.7. The van der Waals surface area contributed by atoms with Gasteiger partial charge >= 0.3 is 0 Å². The van der Waals surface area contributed by atoms with Crippen molar-refractivity contribution in [3.63, 3.8) is 0 Å². The Morgan fingerprint density at radius 3 is 2.43 bits per heavy atom. The van der Waals surface area contributed by atoms with Crippen molar-refractivity contribution in [3.8, 4) is 22.5 Å². The van der Waals surface area contributed by atoms with Gasteiger partial charge < -0.3 is 4.57 Å². The SMILES string of the molecule is Clc1ccn(C2c3ccccc3-c3ncccc32)c2c3ccccc3c(Cl)c1-2. The molecular formula is C24H14Cl2N2. The second-order valence-electron chi connectivity index (χ2n) is 7.09. The molecule has 2 heterocycles. The third-order valence-corrected chi connectivity index (χ3v) is 6.38. The number of rotatable bonds is 1. The van der Waals surface area contributed by atoms with Gasteiger partial charge in [-0.15, -0.1) is 0 Å². The summed E-state index contributed by atoms with van der Waals surface area (Å²) in [6.07, 6.45) is 3.92. The van der Waals surface area contributed by atoms with Gasteiger partial charge in [0.15, 0.2) is 0 Å². The number of pyridine rings is 2. The van der Waals surface area contributed by atoms with Gasteiger partial charge in [0.05, 0.1) is 27.5 Å². The Balaban J connectivity index is 1.75. The van der Waals surface area contributed by atoms with Gasteiger partial charge in [-0.2, -0.15) is 0 Å². The molecule has 1 aromatic heterocycles. The van der Waals surface area contributed by atoms with E-state index in [0.717, 1.165) is 27.7 Å². The summed E-state index contributed by atoms with van der Waals surface area (Å²) in [5.74, 6) is 0. The van der Waals surface area contributed by atoms with Crippen molar-refractivity contribution < 1.29 is 0 Å². The molecule has 0 fully saturated rings. The smallest absolute Gasteiger partial charge is 0.0867 e. The minimum absolute atomic E-state index is 0.0292. The molecule has 134 valence electrons. The first-order chi connectivity index (χ1) is 13.8. The zero-order chi connectivity index (χ0) is 18.8. The van der Waals surface area contributed by atoms with Crippen LogP contribution in [0.25, 0.3) is 33.3 Å². The van der Waals surface area contributed by atoms with Crippen molar-refractivity contribution in [3.05, 3.63) is 100 Å². The Labute approximate surface area is 172 Å². The predicted octanol–water partition coefficient (Wildman–Crippen LogP) is 7.07. The lowest BCUT2D eigenvalue weighted by Crippen LogP contribution is -2.12. The highest BCUT2D eigenvalue weighted by Gasteiger charge is 2.33. The van der Waals surface area contributed by atoms with E-state index < -0.39 is 0 Å². The van der Waals surface area contributed by atoms with Crippen LogP contribution in [-0.4, -0.2) is 9.55 Å². The minimum Gasteiger partial charge on any atom is -0.335 e.